The number of carbonyl (C=O) groups excluding carboxylic acids is 1. The third-order valence-electron chi connectivity index (χ3n) is 3.91. The van der Waals surface area contributed by atoms with Crippen molar-refractivity contribution in [3.63, 3.8) is 0 Å². The zero-order valence-electron chi connectivity index (χ0n) is 13.1. The van der Waals surface area contributed by atoms with Crippen molar-refractivity contribution in [2.24, 2.45) is 5.92 Å². The Morgan fingerprint density at radius 2 is 1.92 bits per heavy atom. The van der Waals surface area contributed by atoms with Gasteiger partial charge in [-0.05, 0) is 29.8 Å². The number of rotatable bonds is 3. The summed E-state index contributed by atoms with van der Waals surface area (Å²) in [6, 6.07) is 15.6. The third-order valence-corrected chi connectivity index (χ3v) is 3.91. The van der Waals surface area contributed by atoms with Crippen molar-refractivity contribution >= 4 is 5.91 Å². The topological polar surface area (TPSA) is 53.2 Å². The first kappa shape index (κ1) is 16.2. The van der Waals surface area contributed by atoms with Gasteiger partial charge in [-0.15, -0.1) is 0 Å². The van der Waals surface area contributed by atoms with Crippen LogP contribution >= 0.6 is 0 Å². The molecule has 0 aromatic heterocycles. The number of amides is 1. The molecule has 0 spiro atoms. The minimum Gasteiger partial charge on any atom is -0.345 e. The predicted octanol–water partition coefficient (Wildman–Crippen LogP) is 1.76. The van der Waals surface area contributed by atoms with Gasteiger partial charge in [-0.1, -0.05) is 42.2 Å². The molecule has 24 heavy (non-hydrogen) atoms. The zero-order valence-corrected chi connectivity index (χ0v) is 13.1. The highest BCUT2D eigenvalue weighted by atomic mass is 19.1. The van der Waals surface area contributed by atoms with E-state index in [1.807, 2.05) is 30.3 Å². The van der Waals surface area contributed by atoms with E-state index >= 15 is 0 Å². The number of hydrogen-bond donors (Lipinski definition) is 3. The van der Waals surface area contributed by atoms with Gasteiger partial charge in [-0.25, -0.2) is 9.82 Å². The SMILES string of the molecule is O=C(NCC#Cc1ccccc1)C1CNNC1c1ccc(F)cc1. The molecule has 1 saturated heterocycles. The lowest BCUT2D eigenvalue weighted by Crippen LogP contribution is -2.35. The van der Waals surface area contributed by atoms with Gasteiger partial charge in [-0.3, -0.25) is 10.2 Å². The lowest BCUT2D eigenvalue weighted by Gasteiger charge is -2.17. The molecule has 3 N–H and O–H groups in total. The molecule has 0 aliphatic carbocycles. The second-order valence-electron chi connectivity index (χ2n) is 5.55. The molecule has 1 fully saturated rings. The van der Waals surface area contributed by atoms with Crippen LogP contribution < -0.4 is 16.2 Å². The molecule has 122 valence electrons. The molecule has 2 aromatic rings. The maximum atomic E-state index is 13.0. The van der Waals surface area contributed by atoms with Crippen molar-refractivity contribution in [1.82, 2.24) is 16.2 Å². The molecule has 0 bridgehead atoms. The van der Waals surface area contributed by atoms with Crippen LogP contribution in [0, 0.1) is 23.6 Å². The van der Waals surface area contributed by atoms with E-state index in [0.29, 0.717) is 13.1 Å². The van der Waals surface area contributed by atoms with Crippen LogP contribution in [0.3, 0.4) is 0 Å². The maximum absolute atomic E-state index is 13.0. The largest absolute Gasteiger partial charge is 0.345 e. The Kier molecular flexibility index (Phi) is 5.22. The van der Waals surface area contributed by atoms with Gasteiger partial charge in [0.25, 0.3) is 0 Å². The van der Waals surface area contributed by atoms with E-state index in [0.717, 1.165) is 11.1 Å². The first-order valence-corrected chi connectivity index (χ1v) is 7.79. The first-order chi connectivity index (χ1) is 11.7. The summed E-state index contributed by atoms with van der Waals surface area (Å²) in [5.74, 6) is 5.31. The first-order valence-electron chi connectivity index (χ1n) is 7.79. The molecule has 2 atom stereocenters. The maximum Gasteiger partial charge on any atom is 0.227 e. The molecule has 4 nitrogen and oxygen atoms in total. The summed E-state index contributed by atoms with van der Waals surface area (Å²) in [6.07, 6.45) is 0. The lowest BCUT2D eigenvalue weighted by molar-refractivity contribution is -0.124. The van der Waals surface area contributed by atoms with Gasteiger partial charge in [0, 0.05) is 12.1 Å². The van der Waals surface area contributed by atoms with Crippen LogP contribution in [-0.4, -0.2) is 19.0 Å². The minimum absolute atomic E-state index is 0.0795. The van der Waals surface area contributed by atoms with Crippen LogP contribution in [0.5, 0.6) is 0 Å². The standard InChI is InChI=1S/C19H18FN3O/c20-16-10-8-15(9-11-16)18-17(13-22-23-18)19(24)21-12-4-7-14-5-2-1-3-6-14/h1-3,5-6,8-11,17-18,22-23H,12-13H2,(H,21,24). The fraction of sp³-hybridized carbons (Fsp3) is 0.211. The summed E-state index contributed by atoms with van der Waals surface area (Å²) in [7, 11) is 0. The molecule has 2 aromatic carbocycles. The van der Waals surface area contributed by atoms with Gasteiger partial charge in [0.1, 0.15) is 5.82 Å². The molecule has 5 heteroatoms. The van der Waals surface area contributed by atoms with Gasteiger partial charge < -0.3 is 5.32 Å². The Morgan fingerprint density at radius 1 is 1.17 bits per heavy atom. The molecule has 1 aliphatic rings. The Morgan fingerprint density at radius 3 is 2.67 bits per heavy atom. The molecule has 0 radical (unpaired) electrons. The number of carbonyl (C=O) groups is 1. The monoisotopic (exact) mass is 323 g/mol. The average Bonchev–Trinajstić information content (AvgIpc) is 3.10. The molecular formula is C19H18FN3O. The van der Waals surface area contributed by atoms with Gasteiger partial charge in [0.15, 0.2) is 0 Å². The Hall–Kier alpha value is -2.68. The number of benzene rings is 2. The smallest absolute Gasteiger partial charge is 0.227 e. The summed E-state index contributed by atoms with van der Waals surface area (Å²) in [5, 5.41) is 2.84. The highest BCUT2D eigenvalue weighted by Gasteiger charge is 2.33. The molecule has 2 unspecified atom stereocenters. The summed E-state index contributed by atoms with van der Waals surface area (Å²) in [4.78, 5) is 12.4. The van der Waals surface area contributed by atoms with Crippen molar-refractivity contribution in [2.75, 3.05) is 13.1 Å². The van der Waals surface area contributed by atoms with Crippen molar-refractivity contribution in [3.8, 4) is 11.8 Å². The van der Waals surface area contributed by atoms with Crippen molar-refractivity contribution < 1.29 is 9.18 Å². The summed E-state index contributed by atoms with van der Waals surface area (Å²) in [6.45, 7) is 0.806. The number of hydrogen-bond acceptors (Lipinski definition) is 3. The van der Waals surface area contributed by atoms with E-state index in [1.54, 1.807) is 12.1 Å². The third kappa shape index (κ3) is 3.99. The highest BCUT2D eigenvalue weighted by Crippen LogP contribution is 2.25. The van der Waals surface area contributed by atoms with Crippen LogP contribution in [0.1, 0.15) is 17.2 Å². The Bertz CT molecular complexity index is 750. The van der Waals surface area contributed by atoms with E-state index in [1.165, 1.54) is 12.1 Å². The van der Waals surface area contributed by atoms with Crippen molar-refractivity contribution in [3.05, 3.63) is 71.5 Å². The van der Waals surface area contributed by atoms with E-state index in [4.69, 9.17) is 0 Å². The predicted molar refractivity (Wildman–Crippen MR) is 90.1 cm³/mol. The molecule has 1 heterocycles. The molecule has 1 amide bonds. The fourth-order valence-electron chi connectivity index (χ4n) is 2.66. The average molecular weight is 323 g/mol. The van der Waals surface area contributed by atoms with E-state index in [9.17, 15) is 9.18 Å². The number of halogens is 1. The fourth-order valence-corrected chi connectivity index (χ4v) is 2.66. The zero-order chi connectivity index (χ0) is 16.8. The van der Waals surface area contributed by atoms with Crippen molar-refractivity contribution in [1.29, 1.82) is 0 Å². The number of hydrazine groups is 1. The number of nitrogens with one attached hydrogen (secondary N) is 3. The van der Waals surface area contributed by atoms with E-state index < -0.39 is 0 Å². The van der Waals surface area contributed by atoms with Crippen LogP contribution in [0.4, 0.5) is 4.39 Å². The molecular weight excluding hydrogens is 305 g/mol. The highest BCUT2D eigenvalue weighted by molar-refractivity contribution is 5.80. The Balaban J connectivity index is 1.58. The van der Waals surface area contributed by atoms with Gasteiger partial charge in [0.2, 0.25) is 5.91 Å². The Labute approximate surface area is 140 Å². The van der Waals surface area contributed by atoms with E-state index in [-0.39, 0.29) is 23.7 Å². The molecule has 1 aliphatic heterocycles. The second-order valence-corrected chi connectivity index (χ2v) is 5.55. The molecule has 0 saturated carbocycles. The summed E-state index contributed by atoms with van der Waals surface area (Å²) < 4.78 is 13.0. The normalized spacial score (nSPS) is 19.4. The van der Waals surface area contributed by atoms with Gasteiger partial charge in [-0.2, -0.15) is 0 Å². The van der Waals surface area contributed by atoms with Gasteiger partial charge in [0.05, 0.1) is 18.5 Å². The lowest BCUT2D eigenvalue weighted by atomic mass is 9.94. The minimum atomic E-state index is -0.290. The van der Waals surface area contributed by atoms with Crippen molar-refractivity contribution in [2.45, 2.75) is 6.04 Å². The van der Waals surface area contributed by atoms with Crippen LogP contribution in [0.25, 0.3) is 0 Å². The quantitative estimate of drug-likeness (QED) is 0.755. The summed E-state index contributed by atoms with van der Waals surface area (Å²) >= 11 is 0. The van der Waals surface area contributed by atoms with Gasteiger partial charge >= 0.3 is 0 Å². The van der Waals surface area contributed by atoms with E-state index in [2.05, 4.69) is 28.0 Å². The summed E-state index contributed by atoms with van der Waals surface area (Å²) in [5.41, 5.74) is 7.85. The van der Waals surface area contributed by atoms with Crippen LogP contribution in [-0.2, 0) is 4.79 Å². The van der Waals surface area contributed by atoms with Crippen LogP contribution in [0.15, 0.2) is 54.6 Å². The molecule has 3 rings (SSSR count). The van der Waals surface area contributed by atoms with Crippen LogP contribution in [0.2, 0.25) is 0 Å². The second kappa shape index (κ2) is 7.73.